The topological polar surface area (TPSA) is 40.5 Å². The van der Waals surface area contributed by atoms with E-state index in [4.69, 9.17) is 0 Å². The Morgan fingerprint density at radius 2 is 1.22 bits per heavy atom. The number of fused-ring (bicyclic) bond motifs is 2. The molecule has 0 spiro atoms. The molecular formula is C21H16O2. The quantitative estimate of drug-likeness (QED) is 0.495. The second kappa shape index (κ2) is 5.03. The molecule has 0 fully saturated rings. The molecule has 2 N–H and O–H groups in total. The number of aryl methyl sites for hydroxylation is 1. The number of benzene rings is 4. The third-order valence-corrected chi connectivity index (χ3v) is 4.39. The minimum Gasteiger partial charge on any atom is -0.507 e. The van der Waals surface area contributed by atoms with Crippen molar-refractivity contribution < 1.29 is 10.2 Å². The molecule has 0 heterocycles. The molecule has 4 aromatic rings. The van der Waals surface area contributed by atoms with Gasteiger partial charge in [-0.1, -0.05) is 54.6 Å². The molecule has 0 bridgehead atoms. The summed E-state index contributed by atoms with van der Waals surface area (Å²) in [6, 6.07) is 21.2. The van der Waals surface area contributed by atoms with Crippen LogP contribution in [0.15, 0.2) is 66.7 Å². The van der Waals surface area contributed by atoms with E-state index in [-0.39, 0.29) is 11.5 Å². The van der Waals surface area contributed by atoms with Crippen molar-refractivity contribution in [3.8, 4) is 22.6 Å². The lowest BCUT2D eigenvalue weighted by molar-refractivity contribution is 0.470. The molecule has 0 aliphatic rings. The van der Waals surface area contributed by atoms with E-state index in [0.717, 1.165) is 27.1 Å². The fraction of sp³-hybridized carbons (Fsp3) is 0.0476. The highest BCUT2D eigenvalue weighted by molar-refractivity contribution is 6.10. The van der Waals surface area contributed by atoms with Crippen molar-refractivity contribution in [1.82, 2.24) is 0 Å². The fourth-order valence-corrected chi connectivity index (χ4v) is 3.32. The summed E-state index contributed by atoms with van der Waals surface area (Å²) in [5.41, 5.74) is 2.37. The molecule has 2 heteroatoms. The number of phenols is 2. The van der Waals surface area contributed by atoms with Crippen LogP contribution in [0.25, 0.3) is 32.7 Å². The highest BCUT2D eigenvalue weighted by Crippen LogP contribution is 2.45. The van der Waals surface area contributed by atoms with E-state index in [1.807, 2.05) is 61.5 Å². The van der Waals surface area contributed by atoms with Crippen LogP contribution in [0, 0.1) is 6.92 Å². The average molecular weight is 300 g/mol. The molecule has 0 aliphatic carbocycles. The summed E-state index contributed by atoms with van der Waals surface area (Å²) in [6.07, 6.45) is 0. The van der Waals surface area contributed by atoms with Gasteiger partial charge in [-0.3, -0.25) is 0 Å². The first-order valence-corrected chi connectivity index (χ1v) is 7.59. The SMILES string of the molecule is Cc1cc(O)c(-c2c(O)ccc3ccccc23)c2ccccc12. The molecule has 0 radical (unpaired) electrons. The Labute approximate surface area is 134 Å². The van der Waals surface area contributed by atoms with E-state index < -0.39 is 0 Å². The van der Waals surface area contributed by atoms with Crippen LogP contribution in [0.1, 0.15) is 5.56 Å². The van der Waals surface area contributed by atoms with Crippen LogP contribution in [-0.4, -0.2) is 10.2 Å². The zero-order valence-corrected chi connectivity index (χ0v) is 12.7. The van der Waals surface area contributed by atoms with Crippen molar-refractivity contribution >= 4 is 21.5 Å². The van der Waals surface area contributed by atoms with Crippen LogP contribution in [0.4, 0.5) is 0 Å². The molecule has 0 saturated carbocycles. The first-order valence-electron chi connectivity index (χ1n) is 7.59. The van der Waals surface area contributed by atoms with E-state index in [9.17, 15) is 10.2 Å². The summed E-state index contributed by atoms with van der Waals surface area (Å²) in [6.45, 7) is 1.98. The van der Waals surface area contributed by atoms with Gasteiger partial charge in [0.15, 0.2) is 0 Å². The van der Waals surface area contributed by atoms with Crippen LogP contribution in [0.3, 0.4) is 0 Å². The summed E-state index contributed by atoms with van der Waals surface area (Å²) in [4.78, 5) is 0. The fourth-order valence-electron chi connectivity index (χ4n) is 3.32. The lowest BCUT2D eigenvalue weighted by Gasteiger charge is -2.15. The van der Waals surface area contributed by atoms with Crippen molar-refractivity contribution in [2.45, 2.75) is 6.92 Å². The van der Waals surface area contributed by atoms with Gasteiger partial charge in [-0.25, -0.2) is 0 Å². The lowest BCUT2D eigenvalue weighted by atomic mass is 9.91. The van der Waals surface area contributed by atoms with Crippen LogP contribution in [0.5, 0.6) is 11.5 Å². The minimum atomic E-state index is 0.174. The van der Waals surface area contributed by atoms with Crippen LogP contribution in [0.2, 0.25) is 0 Å². The Kier molecular flexibility index (Phi) is 2.98. The molecular weight excluding hydrogens is 284 g/mol. The third-order valence-electron chi connectivity index (χ3n) is 4.39. The van der Waals surface area contributed by atoms with E-state index >= 15 is 0 Å². The van der Waals surface area contributed by atoms with Crippen molar-refractivity contribution in [2.75, 3.05) is 0 Å². The molecule has 112 valence electrons. The zero-order chi connectivity index (χ0) is 16.0. The Bertz CT molecular complexity index is 1050. The monoisotopic (exact) mass is 300 g/mol. The normalized spacial score (nSPS) is 11.2. The van der Waals surface area contributed by atoms with Gasteiger partial charge in [0.25, 0.3) is 0 Å². The van der Waals surface area contributed by atoms with Gasteiger partial charge in [-0.15, -0.1) is 0 Å². The van der Waals surface area contributed by atoms with Crippen molar-refractivity contribution in [3.05, 3.63) is 72.3 Å². The number of hydrogen-bond acceptors (Lipinski definition) is 2. The van der Waals surface area contributed by atoms with Gasteiger partial charge in [0.2, 0.25) is 0 Å². The molecule has 0 unspecified atom stereocenters. The smallest absolute Gasteiger partial charge is 0.124 e. The molecule has 0 aliphatic heterocycles. The van der Waals surface area contributed by atoms with Gasteiger partial charge in [0.1, 0.15) is 11.5 Å². The molecule has 4 rings (SSSR count). The van der Waals surface area contributed by atoms with Crippen LogP contribution < -0.4 is 0 Å². The summed E-state index contributed by atoms with van der Waals surface area (Å²) >= 11 is 0. The van der Waals surface area contributed by atoms with Crippen LogP contribution >= 0.6 is 0 Å². The Hall–Kier alpha value is -3.00. The van der Waals surface area contributed by atoms with E-state index in [0.29, 0.717) is 11.1 Å². The lowest BCUT2D eigenvalue weighted by Crippen LogP contribution is -1.88. The maximum Gasteiger partial charge on any atom is 0.124 e. The number of aromatic hydroxyl groups is 2. The third kappa shape index (κ3) is 2.03. The highest BCUT2D eigenvalue weighted by atomic mass is 16.3. The Morgan fingerprint density at radius 3 is 2.00 bits per heavy atom. The van der Waals surface area contributed by atoms with Gasteiger partial charge < -0.3 is 10.2 Å². The summed E-state index contributed by atoms with van der Waals surface area (Å²) < 4.78 is 0. The van der Waals surface area contributed by atoms with Crippen molar-refractivity contribution in [2.24, 2.45) is 0 Å². The molecule has 23 heavy (non-hydrogen) atoms. The second-order valence-electron chi connectivity index (χ2n) is 5.81. The standard InChI is InChI=1S/C21H16O2/c1-13-12-19(23)21(17-9-5-4-7-15(13)17)20-16-8-3-2-6-14(16)10-11-18(20)22/h2-12,22-23H,1H3. The first-order chi connectivity index (χ1) is 11.2. The van der Waals surface area contributed by atoms with Crippen molar-refractivity contribution in [3.63, 3.8) is 0 Å². The van der Waals surface area contributed by atoms with Gasteiger partial charge in [-0.05, 0) is 46.2 Å². The molecule has 0 amide bonds. The van der Waals surface area contributed by atoms with E-state index in [1.54, 1.807) is 12.1 Å². The molecule has 0 saturated heterocycles. The predicted octanol–water partition coefficient (Wildman–Crippen LogP) is 5.38. The van der Waals surface area contributed by atoms with Gasteiger partial charge in [0.05, 0.1) is 0 Å². The Balaban J connectivity index is 2.22. The molecule has 2 nitrogen and oxygen atoms in total. The van der Waals surface area contributed by atoms with Crippen LogP contribution in [-0.2, 0) is 0 Å². The zero-order valence-electron chi connectivity index (χ0n) is 12.7. The van der Waals surface area contributed by atoms with Gasteiger partial charge >= 0.3 is 0 Å². The molecule has 4 aromatic carbocycles. The minimum absolute atomic E-state index is 0.174. The second-order valence-corrected chi connectivity index (χ2v) is 5.81. The Morgan fingerprint density at radius 1 is 0.609 bits per heavy atom. The summed E-state index contributed by atoms with van der Waals surface area (Å²) in [5.74, 6) is 0.362. The van der Waals surface area contributed by atoms with Crippen molar-refractivity contribution in [1.29, 1.82) is 0 Å². The predicted molar refractivity (Wildman–Crippen MR) is 95.0 cm³/mol. The number of rotatable bonds is 1. The summed E-state index contributed by atoms with van der Waals surface area (Å²) in [7, 11) is 0. The number of hydrogen-bond donors (Lipinski definition) is 2. The van der Waals surface area contributed by atoms with Gasteiger partial charge in [-0.2, -0.15) is 0 Å². The van der Waals surface area contributed by atoms with E-state index in [1.165, 1.54) is 0 Å². The maximum absolute atomic E-state index is 10.6. The van der Waals surface area contributed by atoms with Gasteiger partial charge in [0, 0.05) is 11.1 Å². The highest BCUT2D eigenvalue weighted by Gasteiger charge is 2.17. The first kappa shape index (κ1) is 13.6. The number of phenolic OH excluding ortho intramolecular Hbond substituents is 2. The maximum atomic E-state index is 10.6. The molecule has 0 aromatic heterocycles. The van der Waals surface area contributed by atoms with E-state index in [2.05, 4.69) is 0 Å². The largest absolute Gasteiger partial charge is 0.507 e. The average Bonchev–Trinajstić information content (AvgIpc) is 2.57. The molecule has 0 atom stereocenters. The summed E-state index contributed by atoms with van der Waals surface area (Å²) in [5, 5.41) is 25.1.